The number of primary amides is 1. The van der Waals surface area contributed by atoms with Crippen LogP contribution in [-0.4, -0.2) is 23.9 Å². The molecule has 148 valence electrons. The maximum atomic E-state index is 12.5. The second kappa shape index (κ2) is 9.01. The lowest BCUT2D eigenvalue weighted by atomic mass is 10.00. The van der Waals surface area contributed by atoms with Crippen molar-refractivity contribution in [1.82, 2.24) is 0 Å². The number of ether oxygens (including phenoxy) is 1. The van der Waals surface area contributed by atoms with E-state index in [-0.39, 0.29) is 0 Å². The summed E-state index contributed by atoms with van der Waals surface area (Å²) in [6.45, 7) is 1.54. The van der Waals surface area contributed by atoms with Gasteiger partial charge < -0.3 is 15.8 Å². The number of aryl methyl sites for hydroxylation is 2. The summed E-state index contributed by atoms with van der Waals surface area (Å²) in [5.74, 6) is -1.44. The number of carbonyl (C=O) groups excluding carboxylic acids is 3. The van der Waals surface area contributed by atoms with Crippen LogP contribution in [0, 0.1) is 0 Å². The van der Waals surface area contributed by atoms with Gasteiger partial charge in [-0.1, -0.05) is 12.8 Å². The smallest absolute Gasteiger partial charge is 0.349 e. The van der Waals surface area contributed by atoms with E-state index in [0.29, 0.717) is 16.1 Å². The number of fused-ring (bicyclic) bond motifs is 1. The average Bonchev–Trinajstić information content (AvgIpc) is 3.04. The van der Waals surface area contributed by atoms with Crippen LogP contribution < -0.4 is 11.1 Å². The second-order valence-corrected chi connectivity index (χ2v) is 8.09. The highest BCUT2D eigenvalue weighted by Crippen LogP contribution is 2.29. The first-order valence-electron chi connectivity index (χ1n) is 9.47. The quantitative estimate of drug-likeness (QED) is 0.748. The Morgan fingerprint density at radius 1 is 1.07 bits per heavy atom. The Morgan fingerprint density at radius 2 is 1.75 bits per heavy atom. The molecule has 2 amide bonds. The number of anilines is 1. The Bertz CT molecular complexity index is 848. The second-order valence-electron chi connectivity index (χ2n) is 6.95. The van der Waals surface area contributed by atoms with Crippen molar-refractivity contribution in [2.75, 3.05) is 5.32 Å². The van der Waals surface area contributed by atoms with Crippen LogP contribution in [0.15, 0.2) is 30.3 Å². The Labute approximate surface area is 168 Å². The first-order valence-corrected chi connectivity index (χ1v) is 10.3. The van der Waals surface area contributed by atoms with Crippen LogP contribution in [0.4, 0.5) is 5.69 Å². The third-order valence-corrected chi connectivity index (χ3v) is 6.00. The van der Waals surface area contributed by atoms with E-state index >= 15 is 0 Å². The highest BCUT2D eigenvalue weighted by atomic mass is 32.1. The Hall–Kier alpha value is -2.67. The molecular weight excluding hydrogens is 376 g/mol. The predicted molar refractivity (Wildman–Crippen MR) is 109 cm³/mol. The lowest BCUT2D eigenvalue weighted by Crippen LogP contribution is -2.29. The molecule has 1 aliphatic rings. The highest BCUT2D eigenvalue weighted by molar-refractivity contribution is 7.14. The number of amides is 2. The molecule has 1 atom stereocenters. The molecule has 1 heterocycles. The average molecular weight is 400 g/mol. The standard InChI is InChI=1S/C21H24N2O4S/c1-13(20(25)23-16-10-8-14(9-11-16)19(22)24)27-21(26)18-12-15-6-4-2-3-5-7-17(15)28-18/h8-13H,2-7H2,1H3,(H2,22,24)(H,23,25)/t13-/m1/s1. The molecule has 2 aromatic rings. The summed E-state index contributed by atoms with van der Waals surface area (Å²) in [5, 5.41) is 2.67. The molecule has 1 aliphatic carbocycles. The molecule has 28 heavy (non-hydrogen) atoms. The molecule has 0 fully saturated rings. The van der Waals surface area contributed by atoms with Gasteiger partial charge in [0.1, 0.15) is 4.88 Å². The first kappa shape index (κ1) is 20.1. The number of hydrogen-bond donors (Lipinski definition) is 2. The van der Waals surface area contributed by atoms with Crippen molar-refractivity contribution in [1.29, 1.82) is 0 Å². The molecule has 0 bridgehead atoms. The van der Waals surface area contributed by atoms with Gasteiger partial charge in [-0.2, -0.15) is 0 Å². The number of esters is 1. The summed E-state index contributed by atoms with van der Waals surface area (Å²) < 4.78 is 5.36. The van der Waals surface area contributed by atoms with Crippen LogP contribution in [0.25, 0.3) is 0 Å². The number of nitrogens with two attached hydrogens (primary N) is 1. The third-order valence-electron chi connectivity index (χ3n) is 4.79. The lowest BCUT2D eigenvalue weighted by Gasteiger charge is -2.13. The van der Waals surface area contributed by atoms with E-state index in [9.17, 15) is 14.4 Å². The highest BCUT2D eigenvalue weighted by Gasteiger charge is 2.22. The van der Waals surface area contributed by atoms with Crippen molar-refractivity contribution < 1.29 is 19.1 Å². The van der Waals surface area contributed by atoms with E-state index in [4.69, 9.17) is 10.5 Å². The van der Waals surface area contributed by atoms with Gasteiger partial charge in [0.25, 0.3) is 5.91 Å². The van der Waals surface area contributed by atoms with Crippen LogP contribution in [0.1, 0.15) is 63.1 Å². The van der Waals surface area contributed by atoms with Gasteiger partial charge in [0, 0.05) is 16.1 Å². The molecule has 0 saturated carbocycles. The van der Waals surface area contributed by atoms with Gasteiger partial charge in [-0.25, -0.2) is 4.79 Å². The molecule has 0 aliphatic heterocycles. The number of thiophene rings is 1. The minimum Gasteiger partial charge on any atom is -0.448 e. The number of benzene rings is 1. The zero-order valence-corrected chi connectivity index (χ0v) is 16.6. The largest absolute Gasteiger partial charge is 0.448 e. The lowest BCUT2D eigenvalue weighted by molar-refractivity contribution is -0.123. The van der Waals surface area contributed by atoms with E-state index in [1.54, 1.807) is 12.1 Å². The van der Waals surface area contributed by atoms with Gasteiger partial charge in [-0.05, 0) is 68.5 Å². The fraction of sp³-hybridized carbons (Fsp3) is 0.381. The van der Waals surface area contributed by atoms with Crippen molar-refractivity contribution in [3.05, 3.63) is 51.2 Å². The Morgan fingerprint density at radius 3 is 2.43 bits per heavy atom. The van der Waals surface area contributed by atoms with Crippen molar-refractivity contribution in [3.8, 4) is 0 Å². The van der Waals surface area contributed by atoms with E-state index in [1.165, 1.54) is 53.7 Å². The summed E-state index contributed by atoms with van der Waals surface area (Å²) in [5.41, 5.74) is 7.28. The Balaban J connectivity index is 1.59. The molecule has 0 spiro atoms. The van der Waals surface area contributed by atoms with E-state index in [2.05, 4.69) is 5.32 Å². The van der Waals surface area contributed by atoms with Gasteiger partial charge in [0.15, 0.2) is 6.10 Å². The van der Waals surface area contributed by atoms with Gasteiger partial charge in [-0.15, -0.1) is 11.3 Å². The van der Waals surface area contributed by atoms with Crippen molar-refractivity contribution in [3.63, 3.8) is 0 Å². The van der Waals surface area contributed by atoms with Crippen molar-refractivity contribution in [2.24, 2.45) is 5.73 Å². The van der Waals surface area contributed by atoms with E-state index in [1.807, 2.05) is 6.07 Å². The molecule has 0 saturated heterocycles. The minimum absolute atomic E-state index is 0.353. The summed E-state index contributed by atoms with van der Waals surface area (Å²) >= 11 is 1.48. The molecular formula is C21H24N2O4S. The molecule has 3 N–H and O–H groups in total. The van der Waals surface area contributed by atoms with Gasteiger partial charge in [0.2, 0.25) is 5.91 Å². The zero-order chi connectivity index (χ0) is 20.1. The van der Waals surface area contributed by atoms with Gasteiger partial charge in [-0.3, -0.25) is 9.59 Å². The normalized spacial score (nSPS) is 14.9. The fourth-order valence-electron chi connectivity index (χ4n) is 3.18. The van der Waals surface area contributed by atoms with Crippen molar-refractivity contribution in [2.45, 2.75) is 51.6 Å². The summed E-state index contributed by atoms with van der Waals surface area (Å²) in [7, 11) is 0. The number of hydrogen-bond acceptors (Lipinski definition) is 5. The molecule has 6 nitrogen and oxygen atoms in total. The summed E-state index contributed by atoms with van der Waals surface area (Å²) in [4.78, 5) is 37.7. The van der Waals surface area contributed by atoms with Gasteiger partial charge in [0.05, 0.1) is 0 Å². The monoisotopic (exact) mass is 400 g/mol. The van der Waals surface area contributed by atoms with Crippen LogP contribution in [0.2, 0.25) is 0 Å². The summed E-state index contributed by atoms with van der Waals surface area (Å²) in [6.07, 6.45) is 5.82. The SMILES string of the molecule is C[C@@H](OC(=O)c1cc2c(s1)CCCCCC2)C(=O)Nc1ccc(C(N)=O)cc1. The van der Waals surface area contributed by atoms with Crippen LogP contribution in [0.5, 0.6) is 0 Å². The number of rotatable bonds is 5. The predicted octanol–water partition coefficient (Wildman–Crippen LogP) is 3.69. The van der Waals surface area contributed by atoms with Crippen LogP contribution in [-0.2, 0) is 22.4 Å². The van der Waals surface area contributed by atoms with E-state index in [0.717, 1.165) is 25.7 Å². The fourth-order valence-corrected chi connectivity index (χ4v) is 4.32. The minimum atomic E-state index is -0.937. The Kier molecular flexibility index (Phi) is 6.46. The summed E-state index contributed by atoms with van der Waals surface area (Å²) in [6, 6.07) is 8.12. The molecule has 1 aromatic carbocycles. The van der Waals surface area contributed by atoms with Crippen molar-refractivity contribution >= 4 is 34.8 Å². The van der Waals surface area contributed by atoms with E-state index < -0.39 is 23.9 Å². The number of nitrogens with one attached hydrogen (secondary N) is 1. The molecule has 0 unspecified atom stereocenters. The van der Waals surface area contributed by atoms with Crippen LogP contribution in [0.3, 0.4) is 0 Å². The zero-order valence-electron chi connectivity index (χ0n) is 15.8. The number of carbonyl (C=O) groups is 3. The van der Waals surface area contributed by atoms with Gasteiger partial charge >= 0.3 is 5.97 Å². The molecule has 0 radical (unpaired) electrons. The van der Waals surface area contributed by atoms with Crippen LogP contribution >= 0.6 is 11.3 Å². The maximum Gasteiger partial charge on any atom is 0.349 e. The maximum absolute atomic E-state index is 12.5. The first-order chi connectivity index (χ1) is 13.4. The third kappa shape index (κ3) is 4.98. The topological polar surface area (TPSA) is 98.5 Å². The molecule has 1 aromatic heterocycles. The molecule has 7 heteroatoms. The molecule has 3 rings (SSSR count).